The summed E-state index contributed by atoms with van der Waals surface area (Å²) in [5, 5.41) is 6.86. The third-order valence-electron chi connectivity index (χ3n) is 5.93. The molecule has 0 fully saturated rings. The van der Waals surface area contributed by atoms with Crippen LogP contribution in [-0.2, 0) is 25.0 Å². The number of aliphatic imine (C=N–C) groups is 1. The highest BCUT2D eigenvalue weighted by atomic mass is 32.2. The van der Waals surface area contributed by atoms with E-state index in [1.165, 1.54) is 54.1 Å². The third-order valence-corrected chi connectivity index (χ3v) is 7.84. The van der Waals surface area contributed by atoms with Gasteiger partial charge in [-0.15, -0.1) is 0 Å². The quantitative estimate of drug-likeness (QED) is 0.0628. The zero-order valence-electron chi connectivity index (χ0n) is 22.4. The number of pyridine rings is 1. The Labute approximate surface area is 252 Å². The molecule has 0 atom stereocenters. The molecule has 218 valence electrons. The van der Waals surface area contributed by atoms with Gasteiger partial charge in [0, 0.05) is 23.4 Å². The number of para-hydroxylation sites is 2. The van der Waals surface area contributed by atoms with E-state index in [9.17, 15) is 30.7 Å². The van der Waals surface area contributed by atoms with Crippen LogP contribution in [0.3, 0.4) is 0 Å². The highest BCUT2D eigenvalue weighted by Gasteiger charge is 2.17. The van der Waals surface area contributed by atoms with Crippen molar-refractivity contribution in [1.82, 2.24) is 4.98 Å². The van der Waals surface area contributed by atoms with Crippen molar-refractivity contribution in [3.8, 4) is 0 Å². The Balaban J connectivity index is 0.000000248. The highest BCUT2D eigenvalue weighted by Crippen LogP contribution is 2.27. The van der Waals surface area contributed by atoms with Gasteiger partial charge in [0.15, 0.2) is 0 Å². The first kappa shape index (κ1) is 31.3. The number of thiocarbonyl (C=S) groups is 1. The van der Waals surface area contributed by atoms with Crippen molar-refractivity contribution in [2.75, 3.05) is 5.32 Å². The molecule has 0 radical (unpaired) electrons. The van der Waals surface area contributed by atoms with Gasteiger partial charge < -0.3 is 5.32 Å². The van der Waals surface area contributed by atoms with Crippen molar-refractivity contribution in [1.29, 1.82) is 0 Å². The first-order chi connectivity index (χ1) is 20.3. The molecule has 0 unspecified atom stereocenters. The maximum Gasteiger partial charge on any atom is 0.295 e. The molecule has 3 N–H and O–H groups in total. The number of anilines is 1. The maximum absolute atomic E-state index is 11.7. The molecule has 0 aliphatic heterocycles. The zero-order chi connectivity index (χ0) is 31.2. The molecule has 0 spiro atoms. The van der Waals surface area contributed by atoms with Crippen molar-refractivity contribution < 1.29 is 30.7 Å². The lowest BCUT2D eigenvalue weighted by Crippen LogP contribution is -2.08. The van der Waals surface area contributed by atoms with E-state index in [1.54, 1.807) is 0 Å². The molecule has 10 nitrogen and oxygen atoms in total. The summed E-state index contributed by atoms with van der Waals surface area (Å²) in [6.07, 6.45) is 2.46. The van der Waals surface area contributed by atoms with E-state index in [2.05, 4.69) is 50.9 Å². The van der Waals surface area contributed by atoms with Gasteiger partial charge in [0.25, 0.3) is 20.2 Å². The molecule has 1 amide bonds. The molecule has 5 rings (SSSR count). The van der Waals surface area contributed by atoms with Crippen LogP contribution in [0.5, 0.6) is 0 Å². The number of benzene rings is 4. The molecule has 1 heterocycles. The molecule has 13 heteroatoms. The van der Waals surface area contributed by atoms with E-state index in [4.69, 9.17) is 0 Å². The number of carbonyl (C=O) groups excluding carboxylic acids is 1. The molecular formula is C30H23N3O7S3. The average molecular weight is 634 g/mol. The SMILES string of the molecule is CC(=O)Nc1ccc(C=Cc2ccc(N=C=S)cc2S(=O)(=O)O)c(S(=O)(=O)O)c1.c1ccc2nc3ccccc3cc2c1. The van der Waals surface area contributed by atoms with E-state index >= 15 is 0 Å². The summed E-state index contributed by atoms with van der Waals surface area (Å²) >= 11 is 4.45. The van der Waals surface area contributed by atoms with E-state index < -0.39 is 35.9 Å². The summed E-state index contributed by atoms with van der Waals surface area (Å²) in [7, 11) is -9.28. The van der Waals surface area contributed by atoms with Gasteiger partial charge in [-0.3, -0.25) is 13.9 Å². The molecule has 1 aromatic heterocycles. The van der Waals surface area contributed by atoms with Crippen LogP contribution >= 0.6 is 12.2 Å². The second-order valence-electron chi connectivity index (χ2n) is 9.02. The maximum atomic E-state index is 11.7. The summed E-state index contributed by atoms with van der Waals surface area (Å²) in [4.78, 5) is 18.4. The fourth-order valence-electron chi connectivity index (χ4n) is 4.08. The second-order valence-corrected chi connectivity index (χ2v) is 12.0. The third kappa shape index (κ3) is 8.23. The minimum Gasteiger partial charge on any atom is -0.326 e. The van der Waals surface area contributed by atoms with Crippen LogP contribution in [0.15, 0.2) is 106 Å². The molecule has 0 aliphatic carbocycles. The van der Waals surface area contributed by atoms with Crippen LogP contribution < -0.4 is 5.32 Å². The van der Waals surface area contributed by atoms with Crippen molar-refractivity contribution in [2.45, 2.75) is 16.7 Å². The summed E-state index contributed by atoms with van der Waals surface area (Å²) in [5.41, 5.74) is 2.45. The number of hydrogen-bond donors (Lipinski definition) is 3. The normalized spacial score (nSPS) is 11.5. The Morgan fingerprint density at radius 3 is 1.81 bits per heavy atom. The molecule has 43 heavy (non-hydrogen) atoms. The Hall–Kier alpha value is -4.62. The smallest absolute Gasteiger partial charge is 0.295 e. The summed E-state index contributed by atoms with van der Waals surface area (Å²) < 4.78 is 65.6. The number of hydrogen-bond acceptors (Lipinski definition) is 8. The Morgan fingerprint density at radius 2 is 1.30 bits per heavy atom. The van der Waals surface area contributed by atoms with Crippen LogP contribution in [0.1, 0.15) is 18.1 Å². The van der Waals surface area contributed by atoms with Crippen LogP contribution in [0, 0.1) is 0 Å². The van der Waals surface area contributed by atoms with Crippen molar-refractivity contribution in [2.24, 2.45) is 4.99 Å². The standard InChI is InChI=1S/C17H14N2O7S3.C13H9N/c1-11(20)19-15-7-5-13(17(9-15)29(24,25)26)3-2-12-4-6-14(18-10-27)8-16(12)28(21,22)23;1-3-7-12-10(5-1)9-11-6-2-4-8-13(11)14-12/h2-9H,1H3,(H,19,20)(H,21,22,23)(H,24,25,26);1-9H. The fraction of sp³-hybridized carbons (Fsp3) is 0.0333. The lowest BCUT2D eigenvalue weighted by molar-refractivity contribution is -0.114. The van der Waals surface area contributed by atoms with E-state index in [0.717, 1.165) is 23.2 Å². The zero-order valence-corrected chi connectivity index (χ0v) is 24.8. The second kappa shape index (κ2) is 13.1. The molecule has 0 aliphatic rings. The fourth-order valence-corrected chi connectivity index (χ4v) is 5.60. The van der Waals surface area contributed by atoms with Gasteiger partial charge in [-0.2, -0.15) is 21.8 Å². The monoisotopic (exact) mass is 633 g/mol. The average Bonchev–Trinajstić information content (AvgIpc) is 2.95. The summed E-state index contributed by atoms with van der Waals surface area (Å²) in [5.74, 6) is -0.438. The largest absolute Gasteiger partial charge is 0.326 e. The van der Waals surface area contributed by atoms with E-state index in [-0.39, 0.29) is 22.5 Å². The van der Waals surface area contributed by atoms with Gasteiger partial charge in [0.2, 0.25) is 5.91 Å². The van der Waals surface area contributed by atoms with Gasteiger partial charge in [-0.25, -0.2) is 4.98 Å². The van der Waals surface area contributed by atoms with Gasteiger partial charge in [0.05, 0.1) is 21.9 Å². The Kier molecular flexibility index (Phi) is 9.56. The highest BCUT2D eigenvalue weighted by molar-refractivity contribution is 7.86. The van der Waals surface area contributed by atoms with E-state index in [0.29, 0.717) is 0 Å². The molecular weight excluding hydrogens is 611 g/mol. The lowest BCUT2D eigenvalue weighted by Gasteiger charge is -2.08. The predicted octanol–water partition coefficient (Wildman–Crippen LogP) is 6.43. The number of nitrogens with one attached hydrogen (secondary N) is 1. The first-order valence-corrected chi connectivity index (χ1v) is 15.6. The van der Waals surface area contributed by atoms with Crippen LogP contribution in [-0.4, -0.2) is 42.0 Å². The van der Waals surface area contributed by atoms with Gasteiger partial charge in [-0.1, -0.05) is 60.7 Å². The number of amides is 1. The Bertz CT molecular complexity index is 2050. The van der Waals surface area contributed by atoms with Crippen molar-refractivity contribution >= 4 is 88.9 Å². The van der Waals surface area contributed by atoms with Gasteiger partial charge in [0.1, 0.15) is 9.79 Å². The topological polar surface area (TPSA) is 163 Å². The number of nitrogens with zero attached hydrogens (tertiary/aromatic N) is 2. The molecule has 0 saturated carbocycles. The number of isothiocyanates is 1. The molecule has 0 saturated heterocycles. The van der Waals surface area contributed by atoms with Crippen LogP contribution in [0.2, 0.25) is 0 Å². The van der Waals surface area contributed by atoms with Gasteiger partial charge in [-0.05, 0) is 65.8 Å². The number of aromatic nitrogens is 1. The van der Waals surface area contributed by atoms with Gasteiger partial charge >= 0.3 is 0 Å². The van der Waals surface area contributed by atoms with Crippen LogP contribution in [0.4, 0.5) is 11.4 Å². The number of carbonyl (C=O) groups is 1. The summed E-state index contributed by atoms with van der Waals surface area (Å²) in [6.45, 7) is 1.23. The van der Waals surface area contributed by atoms with Crippen molar-refractivity contribution in [3.05, 3.63) is 102 Å². The molecule has 5 aromatic rings. The van der Waals surface area contributed by atoms with Crippen LogP contribution in [0.25, 0.3) is 34.0 Å². The van der Waals surface area contributed by atoms with Crippen molar-refractivity contribution in [3.63, 3.8) is 0 Å². The molecule has 4 aromatic carbocycles. The summed E-state index contributed by atoms with van der Waals surface area (Å²) in [6, 6.07) is 26.1. The first-order valence-electron chi connectivity index (χ1n) is 12.4. The number of fused-ring (bicyclic) bond motifs is 2. The minimum atomic E-state index is -4.65. The Morgan fingerprint density at radius 1 is 0.791 bits per heavy atom. The van der Waals surface area contributed by atoms with E-state index in [1.807, 2.05) is 36.4 Å². The molecule has 0 bridgehead atoms. The predicted molar refractivity (Wildman–Crippen MR) is 170 cm³/mol. The minimum absolute atomic E-state index is 0.0175. The number of rotatable bonds is 6. The lowest BCUT2D eigenvalue weighted by atomic mass is 10.1.